The first-order valence-electron chi connectivity index (χ1n) is 6.17. The second-order valence-electron chi connectivity index (χ2n) is 4.68. The Labute approximate surface area is 114 Å². The Balaban J connectivity index is 1.93. The molecule has 1 amide bonds. The number of nitrogens with zero attached hydrogens (tertiary/aromatic N) is 2. The van der Waals surface area contributed by atoms with E-state index in [2.05, 4.69) is 5.16 Å². The molecule has 0 saturated heterocycles. The summed E-state index contributed by atoms with van der Waals surface area (Å²) >= 11 is 0. The van der Waals surface area contributed by atoms with Gasteiger partial charge in [-0.2, -0.15) is 0 Å². The summed E-state index contributed by atoms with van der Waals surface area (Å²) in [6, 6.07) is 6.36. The van der Waals surface area contributed by atoms with Crippen molar-refractivity contribution in [2.75, 3.05) is 11.4 Å². The zero-order chi connectivity index (χ0) is 14.3. The van der Waals surface area contributed by atoms with E-state index in [0.29, 0.717) is 18.7 Å². The van der Waals surface area contributed by atoms with E-state index in [4.69, 9.17) is 9.63 Å². The van der Waals surface area contributed by atoms with Gasteiger partial charge in [-0.05, 0) is 37.1 Å². The molecule has 2 heterocycles. The molecule has 6 heteroatoms. The summed E-state index contributed by atoms with van der Waals surface area (Å²) in [7, 11) is 0. The third kappa shape index (κ3) is 1.95. The molecule has 0 saturated carbocycles. The van der Waals surface area contributed by atoms with Crippen molar-refractivity contribution in [1.29, 1.82) is 0 Å². The first-order chi connectivity index (χ1) is 9.56. The molecule has 0 radical (unpaired) electrons. The number of rotatable bonds is 2. The van der Waals surface area contributed by atoms with Crippen molar-refractivity contribution in [1.82, 2.24) is 5.16 Å². The lowest BCUT2D eigenvalue weighted by Gasteiger charge is -2.15. The number of carboxylic acids is 1. The molecule has 3 rings (SSSR count). The van der Waals surface area contributed by atoms with Crippen molar-refractivity contribution >= 4 is 17.6 Å². The quantitative estimate of drug-likeness (QED) is 0.902. The number of aromatic carboxylic acids is 1. The van der Waals surface area contributed by atoms with Gasteiger partial charge in [0.2, 0.25) is 0 Å². The summed E-state index contributed by atoms with van der Waals surface area (Å²) in [6.45, 7) is 2.24. The maximum Gasteiger partial charge on any atom is 0.335 e. The van der Waals surface area contributed by atoms with E-state index < -0.39 is 5.97 Å². The molecule has 6 nitrogen and oxygen atoms in total. The minimum Gasteiger partial charge on any atom is -0.478 e. The summed E-state index contributed by atoms with van der Waals surface area (Å²) in [5, 5.41) is 12.7. The lowest BCUT2D eigenvalue weighted by atomic mass is 10.1. The Morgan fingerprint density at radius 2 is 2.15 bits per heavy atom. The molecule has 0 fully saturated rings. The minimum atomic E-state index is -0.968. The highest BCUT2D eigenvalue weighted by Crippen LogP contribution is 2.30. The number of fused-ring (bicyclic) bond motifs is 1. The Bertz CT molecular complexity index is 705. The minimum absolute atomic E-state index is 0.232. The fraction of sp³-hybridized carbons (Fsp3) is 0.214. The van der Waals surface area contributed by atoms with E-state index in [1.54, 1.807) is 30.0 Å². The number of hydrogen-bond acceptors (Lipinski definition) is 4. The van der Waals surface area contributed by atoms with E-state index in [1.807, 2.05) is 0 Å². The van der Waals surface area contributed by atoms with Crippen LogP contribution in [0, 0.1) is 6.92 Å². The van der Waals surface area contributed by atoms with Crippen LogP contribution in [0.15, 0.2) is 28.8 Å². The number of aromatic nitrogens is 1. The Kier molecular flexibility index (Phi) is 2.78. The van der Waals surface area contributed by atoms with Gasteiger partial charge < -0.3 is 14.5 Å². The van der Waals surface area contributed by atoms with Gasteiger partial charge >= 0.3 is 5.97 Å². The molecule has 0 bridgehead atoms. The highest BCUT2D eigenvalue weighted by atomic mass is 16.5. The van der Waals surface area contributed by atoms with Crippen LogP contribution in [-0.2, 0) is 6.42 Å². The third-order valence-corrected chi connectivity index (χ3v) is 3.31. The predicted molar refractivity (Wildman–Crippen MR) is 70.0 cm³/mol. The van der Waals surface area contributed by atoms with Crippen LogP contribution in [0.4, 0.5) is 5.69 Å². The monoisotopic (exact) mass is 272 g/mol. The van der Waals surface area contributed by atoms with Crippen LogP contribution in [0.2, 0.25) is 0 Å². The van der Waals surface area contributed by atoms with Gasteiger partial charge in [0, 0.05) is 18.3 Å². The highest BCUT2D eigenvalue weighted by molar-refractivity contribution is 6.06. The molecule has 2 aromatic rings. The van der Waals surface area contributed by atoms with Crippen LogP contribution in [0.1, 0.15) is 32.2 Å². The maximum absolute atomic E-state index is 12.3. The molecule has 1 aromatic carbocycles. The summed E-state index contributed by atoms with van der Waals surface area (Å²) < 4.78 is 4.91. The van der Waals surface area contributed by atoms with Crippen LogP contribution in [0.25, 0.3) is 0 Å². The normalized spacial score (nSPS) is 13.3. The van der Waals surface area contributed by atoms with Crippen molar-refractivity contribution in [3.8, 4) is 0 Å². The molecule has 0 aliphatic carbocycles. The molecule has 1 aliphatic rings. The second kappa shape index (κ2) is 4.48. The number of carbonyl (C=O) groups is 2. The molecule has 1 N–H and O–H groups in total. The molecule has 1 aliphatic heterocycles. The van der Waals surface area contributed by atoms with E-state index in [9.17, 15) is 9.59 Å². The average Bonchev–Trinajstić information content (AvgIpc) is 3.03. The van der Waals surface area contributed by atoms with Crippen molar-refractivity contribution in [3.63, 3.8) is 0 Å². The van der Waals surface area contributed by atoms with Gasteiger partial charge in [0.25, 0.3) is 5.91 Å². The number of amides is 1. The second-order valence-corrected chi connectivity index (χ2v) is 4.68. The van der Waals surface area contributed by atoms with E-state index in [-0.39, 0.29) is 17.2 Å². The van der Waals surface area contributed by atoms with Crippen molar-refractivity contribution in [3.05, 3.63) is 46.8 Å². The lowest BCUT2D eigenvalue weighted by molar-refractivity contribution is 0.0696. The average molecular weight is 272 g/mol. The third-order valence-electron chi connectivity index (χ3n) is 3.31. The van der Waals surface area contributed by atoms with Crippen LogP contribution in [0.5, 0.6) is 0 Å². The molecule has 0 spiro atoms. The van der Waals surface area contributed by atoms with Gasteiger partial charge in [0.1, 0.15) is 5.76 Å². The van der Waals surface area contributed by atoms with Crippen molar-refractivity contribution in [2.24, 2.45) is 0 Å². The summed E-state index contributed by atoms with van der Waals surface area (Å²) in [5.41, 5.74) is 2.09. The van der Waals surface area contributed by atoms with Crippen LogP contribution in [0.3, 0.4) is 0 Å². The maximum atomic E-state index is 12.3. The topological polar surface area (TPSA) is 83.6 Å². The fourth-order valence-corrected chi connectivity index (χ4v) is 2.35. The SMILES string of the molecule is Cc1cc(C(=O)N2CCc3cc(C(=O)O)ccc32)no1. The Hall–Kier alpha value is -2.63. The van der Waals surface area contributed by atoms with Gasteiger partial charge in [-0.25, -0.2) is 4.79 Å². The first-order valence-corrected chi connectivity index (χ1v) is 6.17. The van der Waals surface area contributed by atoms with Gasteiger partial charge in [0.15, 0.2) is 5.69 Å². The van der Waals surface area contributed by atoms with Gasteiger partial charge in [-0.15, -0.1) is 0 Å². The van der Waals surface area contributed by atoms with Crippen LogP contribution in [-0.4, -0.2) is 28.7 Å². The van der Waals surface area contributed by atoms with Gasteiger partial charge in [-0.1, -0.05) is 5.16 Å². The summed E-state index contributed by atoms with van der Waals surface area (Å²) in [5.74, 6) is -0.623. The standard InChI is InChI=1S/C14H12N2O4/c1-8-6-11(15-20-8)13(17)16-5-4-9-7-10(14(18)19)2-3-12(9)16/h2-3,6-7H,4-5H2,1H3,(H,18,19). The van der Waals surface area contributed by atoms with Gasteiger partial charge in [-0.3, -0.25) is 4.79 Å². The number of hydrogen-bond donors (Lipinski definition) is 1. The number of benzene rings is 1. The lowest BCUT2D eigenvalue weighted by Crippen LogP contribution is -2.29. The molecule has 102 valence electrons. The zero-order valence-corrected chi connectivity index (χ0v) is 10.8. The van der Waals surface area contributed by atoms with E-state index in [0.717, 1.165) is 11.3 Å². The predicted octanol–water partition coefficient (Wildman–Crippen LogP) is 1.88. The number of aryl methyl sites for hydroxylation is 1. The smallest absolute Gasteiger partial charge is 0.335 e. The zero-order valence-electron chi connectivity index (χ0n) is 10.8. The Morgan fingerprint density at radius 3 is 2.80 bits per heavy atom. The molecular weight excluding hydrogens is 260 g/mol. The summed E-state index contributed by atoms with van der Waals surface area (Å²) in [6.07, 6.45) is 0.638. The van der Waals surface area contributed by atoms with E-state index >= 15 is 0 Å². The molecule has 20 heavy (non-hydrogen) atoms. The molecule has 0 atom stereocenters. The van der Waals surface area contributed by atoms with Crippen molar-refractivity contribution < 1.29 is 19.2 Å². The first kappa shape index (κ1) is 12.4. The number of anilines is 1. The molecular formula is C14H12N2O4. The Morgan fingerprint density at radius 1 is 1.35 bits per heavy atom. The molecule has 0 unspecified atom stereocenters. The molecule has 1 aromatic heterocycles. The highest BCUT2D eigenvalue weighted by Gasteiger charge is 2.28. The number of carboxylic acid groups (broad SMARTS) is 1. The van der Waals surface area contributed by atoms with Crippen LogP contribution >= 0.6 is 0 Å². The van der Waals surface area contributed by atoms with Crippen molar-refractivity contribution in [2.45, 2.75) is 13.3 Å². The fourth-order valence-electron chi connectivity index (χ4n) is 2.35. The summed E-state index contributed by atoms with van der Waals surface area (Å²) in [4.78, 5) is 24.9. The van der Waals surface area contributed by atoms with E-state index in [1.165, 1.54) is 6.07 Å². The number of carbonyl (C=O) groups excluding carboxylic acids is 1. The van der Waals surface area contributed by atoms with Gasteiger partial charge in [0.05, 0.1) is 5.56 Å². The van der Waals surface area contributed by atoms with Crippen LogP contribution < -0.4 is 4.90 Å². The largest absolute Gasteiger partial charge is 0.478 e.